The molecule has 168 valence electrons. The highest BCUT2D eigenvalue weighted by Crippen LogP contribution is 2.33. The highest BCUT2D eigenvalue weighted by molar-refractivity contribution is 5.97. The third kappa shape index (κ3) is 4.34. The van der Waals surface area contributed by atoms with Crippen molar-refractivity contribution >= 4 is 28.5 Å². The SMILES string of the molecule is COc1ccc(N2C[C@@H](NC(=O)NCCn3c(C)cc4ccccc43)CC2=O)cc1OC. The second-order valence-corrected chi connectivity index (χ2v) is 7.84. The second-order valence-electron chi connectivity index (χ2n) is 7.84. The summed E-state index contributed by atoms with van der Waals surface area (Å²) in [4.78, 5) is 26.6. The van der Waals surface area contributed by atoms with E-state index in [-0.39, 0.29) is 24.4 Å². The first-order chi connectivity index (χ1) is 15.5. The van der Waals surface area contributed by atoms with Crippen LogP contribution in [-0.2, 0) is 11.3 Å². The predicted octanol–water partition coefficient (Wildman–Crippen LogP) is 3.07. The zero-order valence-corrected chi connectivity index (χ0v) is 18.6. The van der Waals surface area contributed by atoms with Gasteiger partial charge in [-0.2, -0.15) is 0 Å². The van der Waals surface area contributed by atoms with Gasteiger partial charge in [-0.15, -0.1) is 0 Å². The number of benzene rings is 2. The van der Waals surface area contributed by atoms with E-state index in [2.05, 4.69) is 40.3 Å². The normalized spacial score (nSPS) is 15.8. The topological polar surface area (TPSA) is 84.8 Å². The van der Waals surface area contributed by atoms with Crippen LogP contribution in [0.25, 0.3) is 10.9 Å². The highest BCUT2D eigenvalue weighted by atomic mass is 16.5. The molecule has 1 aliphatic heterocycles. The molecule has 2 heterocycles. The van der Waals surface area contributed by atoms with E-state index in [1.807, 2.05) is 18.2 Å². The summed E-state index contributed by atoms with van der Waals surface area (Å²) in [7, 11) is 3.12. The third-order valence-corrected chi connectivity index (χ3v) is 5.78. The molecule has 2 N–H and O–H groups in total. The van der Waals surface area contributed by atoms with Crippen molar-refractivity contribution in [3.63, 3.8) is 0 Å². The summed E-state index contributed by atoms with van der Waals surface area (Å²) < 4.78 is 12.8. The maximum atomic E-state index is 12.5. The molecule has 1 aromatic heterocycles. The van der Waals surface area contributed by atoms with Crippen molar-refractivity contribution in [2.75, 3.05) is 32.2 Å². The fourth-order valence-electron chi connectivity index (χ4n) is 4.21. The van der Waals surface area contributed by atoms with E-state index < -0.39 is 0 Å². The largest absolute Gasteiger partial charge is 0.493 e. The Bertz CT molecular complexity index is 1140. The molecule has 4 rings (SSSR count). The minimum atomic E-state index is -0.272. The molecule has 0 radical (unpaired) electrons. The number of para-hydroxylation sites is 1. The van der Waals surface area contributed by atoms with Crippen LogP contribution in [0.3, 0.4) is 0 Å². The number of anilines is 1. The lowest BCUT2D eigenvalue weighted by Gasteiger charge is -2.19. The van der Waals surface area contributed by atoms with Gasteiger partial charge in [0.2, 0.25) is 5.91 Å². The molecule has 8 nitrogen and oxygen atoms in total. The van der Waals surface area contributed by atoms with Crippen molar-refractivity contribution in [2.24, 2.45) is 0 Å². The lowest BCUT2D eigenvalue weighted by molar-refractivity contribution is -0.117. The van der Waals surface area contributed by atoms with E-state index in [0.29, 0.717) is 36.8 Å². The Morgan fingerprint density at radius 2 is 1.88 bits per heavy atom. The van der Waals surface area contributed by atoms with Gasteiger partial charge in [-0.1, -0.05) is 18.2 Å². The molecule has 8 heteroatoms. The quantitative estimate of drug-likeness (QED) is 0.596. The van der Waals surface area contributed by atoms with Gasteiger partial charge in [0.05, 0.1) is 20.3 Å². The van der Waals surface area contributed by atoms with Crippen LogP contribution < -0.4 is 25.0 Å². The van der Waals surface area contributed by atoms with Crippen molar-refractivity contribution in [2.45, 2.75) is 25.9 Å². The summed E-state index contributed by atoms with van der Waals surface area (Å²) >= 11 is 0. The number of aryl methyl sites for hydroxylation is 1. The molecule has 3 aromatic rings. The summed E-state index contributed by atoms with van der Waals surface area (Å²) in [6, 6.07) is 15.1. The zero-order chi connectivity index (χ0) is 22.7. The van der Waals surface area contributed by atoms with Gasteiger partial charge < -0.3 is 29.6 Å². The fraction of sp³-hybridized carbons (Fsp3) is 0.333. The number of hydrogen-bond donors (Lipinski definition) is 2. The number of methoxy groups -OCH3 is 2. The fourth-order valence-corrected chi connectivity index (χ4v) is 4.21. The smallest absolute Gasteiger partial charge is 0.315 e. The van der Waals surface area contributed by atoms with Gasteiger partial charge in [0.15, 0.2) is 11.5 Å². The van der Waals surface area contributed by atoms with Crippen molar-refractivity contribution in [3.8, 4) is 11.5 Å². The molecule has 1 atom stereocenters. The monoisotopic (exact) mass is 436 g/mol. The minimum absolute atomic E-state index is 0.0445. The van der Waals surface area contributed by atoms with Crippen LogP contribution in [-0.4, -0.2) is 49.9 Å². The molecule has 3 amide bonds. The average Bonchev–Trinajstić information content (AvgIpc) is 3.31. The summed E-state index contributed by atoms with van der Waals surface area (Å²) in [5, 5.41) is 7.01. The van der Waals surface area contributed by atoms with Gasteiger partial charge >= 0.3 is 6.03 Å². The molecule has 1 aliphatic rings. The first-order valence-electron chi connectivity index (χ1n) is 10.6. The Morgan fingerprint density at radius 1 is 1.09 bits per heavy atom. The number of aromatic nitrogens is 1. The molecule has 32 heavy (non-hydrogen) atoms. The number of carbonyl (C=O) groups excluding carboxylic acids is 2. The Kier molecular flexibility index (Phi) is 6.20. The summed E-state index contributed by atoms with van der Waals surface area (Å²) in [6.07, 6.45) is 0.253. The number of fused-ring (bicyclic) bond motifs is 1. The Labute approximate surface area is 187 Å². The standard InChI is InChI=1S/C24H28N4O4/c1-16-12-17-6-4-5-7-20(17)27(16)11-10-25-24(30)26-18-13-23(29)28(15-18)19-8-9-21(31-2)22(14-19)32-3/h4-9,12,14,18H,10-11,13,15H2,1-3H3,(H2,25,26,30)/t18-/m0/s1. The van der Waals surface area contributed by atoms with Gasteiger partial charge in [-0.05, 0) is 36.6 Å². The molecule has 2 aromatic carbocycles. The summed E-state index contributed by atoms with van der Waals surface area (Å²) in [5.41, 5.74) is 3.02. The number of amides is 3. The minimum Gasteiger partial charge on any atom is -0.493 e. The van der Waals surface area contributed by atoms with E-state index >= 15 is 0 Å². The molecule has 0 saturated carbocycles. The second kappa shape index (κ2) is 9.21. The maximum Gasteiger partial charge on any atom is 0.315 e. The summed E-state index contributed by atoms with van der Waals surface area (Å²) in [5.74, 6) is 1.11. The van der Waals surface area contributed by atoms with Crippen LogP contribution in [0.5, 0.6) is 11.5 Å². The maximum absolute atomic E-state index is 12.5. The molecule has 1 fully saturated rings. The third-order valence-electron chi connectivity index (χ3n) is 5.78. The number of ether oxygens (including phenoxy) is 2. The van der Waals surface area contributed by atoms with Crippen molar-refractivity contribution in [1.29, 1.82) is 0 Å². The van der Waals surface area contributed by atoms with Gasteiger partial charge in [0, 0.05) is 49.0 Å². The van der Waals surface area contributed by atoms with Crippen molar-refractivity contribution in [1.82, 2.24) is 15.2 Å². The molecule has 0 bridgehead atoms. The molecular weight excluding hydrogens is 408 g/mol. The van der Waals surface area contributed by atoms with E-state index in [1.54, 1.807) is 31.3 Å². The van der Waals surface area contributed by atoms with Crippen LogP contribution in [0, 0.1) is 6.92 Å². The van der Waals surface area contributed by atoms with Crippen LogP contribution in [0.2, 0.25) is 0 Å². The van der Waals surface area contributed by atoms with Crippen molar-refractivity contribution < 1.29 is 19.1 Å². The van der Waals surface area contributed by atoms with E-state index in [1.165, 1.54) is 5.39 Å². The van der Waals surface area contributed by atoms with E-state index in [0.717, 1.165) is 11.2 Å². The van der Waals surface area contributed by atoms with Crippen LogP contribution >= 0.6 is 0 Å². The molecule has 0 aliphatic carbocycles. The van der Waals surface area contributed by atoms with Gasteiger partial charge in [-0.3, -0.25) is 4.79 Å². The molecule has 0 unspecified atom stereocenters. The number of urea groups is 1. The zero-order valence-electron chi connectivity index (χ0n) is 18.6. The average molecular weight is 437 g/mol. The summed E-state index contributed by atoms with van der Waals surface area (Å²) in [6.45, 7) is 3.63. The van der Waals surface area contributed by atoms with Gasteiger partial charge in [0.1, 0.15) is 0 Å². The van der Waals surface area contributed by atoms with Gasteiger partial charge in [0.25, 0.3) is 0 Å². The Balaban J connectivity index is 1.31. The number of nitrogens with one attached hydrogen (secondary N) is 2. The lowest BCUT2D eigenvalue weighted by Crippen LogP contribution is -2.44. The van der Waals surface area contributed by atoms with Gasteiger partial charge in [-0.25, -0.2) is 4.79 Å². The Morgan fingerprint density at radius 3 is 2.66 bits per heavy atom. The van der Waals surface area contributed by atoms with Crippen LogP contribution in [0.4, 0.5) is 10.5 Å². The highest BCUT2D eigenvalue weighted by Gasteiger charge is 2.32. The number of hydrogen-bond acceptors (Lipinski definition) is 4. The Hall–Kier alpha value is -3.68. The first kappa shape index (κ1) is 21.5. The number of nitrogens with zero attached hydrogens (tertiary/aromatic N) is 2. The van der Waals surface area contributed by atoms with E-state index in [9.17, 15) is 9.59 Å². The number of rotatable bonds is 7. The predicted molar refractivity (Wildman–Crippen MR) is 124 cm³/mol. The lowest BCUT2D eigenvalue weighted by atomic mass is 10.2. The van der Waals surface area contributed by atoms with Crippen LogP contribution in [0.15, 0.2) is 48.5 Å². The van der Waals surface area contributed by atoms with Crippen molar-refractivity contribution in [3.05, 3.63) is 54.2 Å². The van der Waals surface area contributed by atoms with E-state index in [4.69, 9.17) is 9.47 Å². The molecule has 1 saturated heterocycles. The first-order valence-corrected chi connectivity index (χ1v) is 10.6. The van der Waals surface area contributed by atoms with Crippen LogP contribution in [0.1, 0.15) is 12.1 Å². The molecular formula is C24H28N4O4. The molecule has 0 spiro atoms. The number of carbonyl (C=O) groups is 2.